The second-order valence-electron chi connectivity index (χ2n) is 4.90. The van der Waals surface area contributed by atoms with Gasteiger partial charge in [-0.1, -0.05) is 52.9 Å². The second-order valence-corrected chi connectivity index (χ2v) is 5.82. The first-order valence-electron chi connectivity index (χ1n) is 6.77. The molecule has 2 heteroatoms. The predicted molar refractivity (Wildman–Crippen MR) is 93.3 cm³/mol. The first-order chi connectivity index (χ1) is 10.2. The van der Waals surface area contributed by atoms with E-state index >= 15 is 0 Å². The number of aryl methyl sites for hydroxylation is 1. The van der Waals surface area contributed by atoms with Gasteiger partial charge in [-0.05, 0) is 48.4 Å². The smallest absolute Gasteiger partial charge is 0.135 e. The molecule has 21 heavy (non-hydrogen) atoms. The SMILES string of the molecule is C=C/C=C\c1oc2ccc(-c3ccc(Br)cc3)cc2c1C. The molecule has 0 aliphatic rings. The zero-order valence-electron chi connectivity index (χ0n) is 11.8. The number of fused-ring (bicyclic) bond motifs is 1. The van der Waals surface area contributed by atoms with Gasteiger partial charge in [-0.15, -0.1) is 0 Å². The Morgan fingerprint density at radius 3 is 2.48 bits per heavy atom. The van der Waals surface area contributed by atoms with E-state index in [-0.39, 0.29) is 0 Å². The van der Waals surface area contributed by atoms with Crippen molar-refractivity contribution in [1.82, 2.24) is 0 Å². The number of furan rings is 1. The normalized spacial score (nSPS) is 11.3. The summed E-state index contributed by atoms with van der Waals surface area (Å²) in [5.41, 5.74) is 4.46. The molecule has 104 valence electrons. The van der Waals surface area contributed by atoms with Crippen LogP contribution in [0.5, 0.6) is 0 Å². The summed E-state index contributed by atoms with van der Waals surface area (Å²) in [6.45, 7) is 5.77. The van der Waals surface area contributed by atoms with E-state index in [0.717, 1.165) is 26.8 Å². The fourth-order valence-corrected chi connectivity index (χ4v) is 2.64. The summed E-state index contributed by atoms with van der Waals surface area (Å²) < 4.78 is 6.96. The molecule has 3 rings (SSSR count). The Morgan fingerprint density at radius 2 is 1.76 bits per heavy atom. The van der Waals surface area contributed by atoms with Crippen molar-refractivity contribution in [2.75, 3.05) is 0 Å². The molecule has 0 bridgehead atoms. The molecule has 0 amide bonds. The van der Waals surface area contributed by atoms with Crippen molar-refractivity contribution in [3.8, 4) is 11.1 Å². The van der Waals surface area contributed by atoms with E-state index in [0.29, 0.717) is 0 Å². The van der Waals surface area contributed by atoms with E-state index in [1.807, 2.05) is 18.2 Å². The molecule has 0 spiro atoms. The van der Waals surface area contributed by atoms with Crippen LogP contribution in [0.2, 0.25) is 0 Å². The maximum absolute atomic E-state index is 5.87. The molecule has 0 radical (unpaired) electrons. The standard InChI is InChI=1S/C19H15BrO/c1-3-4-5-18-13(2)17-12-15(8-11-19(17)21-18)14-6-9-16(20)10-7-14/h3-12H,1H2,2H3/b5-4-. The largest absolute Gasteiger partial charge is 0.456 e. The van der Waals surface area contributed by atoms with Crippen LogP contribution in [0.4, 0.5) is 0 Å². The molecule has 2 aromatic carbocycles. The van der Waals surface area contributed by atoms with E-state index in [2.05, 4.69) is 65.8 Å². The number of hydrogen-bond acceptors (Lipinski definition) is 1. The molecule has 1 aromatic heterocycles. The van der Waals surface area contributed by atoms with Crippen LogP contribution in [0.25, 0.3) is 28.2 Å². The summed E-state index contributed by atoms with van der Waals surface area (Å²) >= 11 is 3.47. The molecular weight excluding hydrogens is 324 g/mol. The summed E-state index contributed by atoms with van der Waals surface area (Å²) in [7, 11) is 0. The van der Waals surface area contributed by atoms with E-state index in [4.69, 9.17) is 4.42 Å². The molecule has 0 saturated heterocycles. The lowest BCUT2D eigenvalue weighted by atomic mass is 10.0. The van der Waals surface area contributed by atoms with E-state index in [1.165, 1.54) is 11.1 Å². The quantitative estimate of drug-likeness (QED) is 0.505. The van der Waals surface area contributed by atoms with Gasteiger partial charge >= 0.3 is 0 Å². The molecule has 1 nitrogen and oxygen atoms in total. The lowest BCUT2D eigenvalue weighted by Crippen LogP contribution is -1.78. The van der Waals surface area contributed by atoms with Crippen LogP contribution in [-0.4, -0.2) is 0 Å². The van der Waals surface area contributed by atoms with Crippen molar-refractivity contribution in [1.29, 1.82) is 0 Å². The molecular formula is C19H15BrO. The van der Waals surface area contributed by atoms with Crippen LogP contribution in [0.1, 0.15) is 11.3 Å². The highest BCUT2D eigenvalue weighted by molar-refractivity contribution is 9.10. The van der Waals surface area contributed by atoms with Gasteiger partial charge in [0.15, 0.2) is 0 Å². The van der Waals surface area contributed by atoms with Gasteiger partial charge in [0.2, 0.25) is 0 Å². The molecule has 0 aliphatic carbocycles. The summed E-state index contributed by atoms with van der Waals surface area (Å²) in [4.78, 5) is 0. The Hall–Kier alpha value is -2.06. The van der Waals surface area contributed by atoms with E-state index in [1.54, 1.807) is 6.08 Å². The highest BCUT2D eigenvalue weighted by Crippen LogP contribution is 2.31. The van der Waals surface area contributed by atoms with Gasteiger partial charge in [0.1, 0.15) is 11.3 Å². The van der Waals surface area contributed by atoms with Crippen molar-refractivity contribution in [3.05, 3.63) is 77.0 Å². The van der Waals surface area contributed by atoms with Gasteiger partial charge in [-0.25, -0.2) is 0 Å². The average molecular weight is 339 g/mol. The van der Waals surface area contributed by atoms with E-state index < -0.39 is 0 Å². The summed E-state index contributed by atoms with van der Waals surface area (Å²) in [5, 5.41) is 1.15. The lowest BCUT2D eigenvalue weighted by Gasteiger charge is -2.02. The van der Waals surface area contributed by atoms with Crippen molar-refractivity contribution in [2.45, 2.75) is 6.92 Å². The fraction of sp³-hybridized carbons (Fsp3) is 0.0526. The maximum Gasteiger partial charge on any atom is 0.135 e. The second kappa shape index (κ2) is 5.74. The van der Waals surface area contributed by atoms with Crippen molar-refractivity contribution >= 4 is 33.0 Å². The first-order valence-corrected chi connectivity index (χ1v) is 7.56. The number of allylic oxidation sites excluding steroid dienone is 2. The van der Waals surface area contributed by atoms with Crippen LogP contribution >= 0.6 is 15.9 Å². The van der Waals surface area contributed by atoms with Gasteiger partial charge in [0, 0.05) is 15.4 Å². The van der Waals surface area contributed by atoms with Crippen LogP contribution in [0.15, 0.2) is 70.1 Å². The first kappa shape index (κ1) is 13.9. The molecule has 0 unspecified atom stereocenters. The minimum atomic E-state index is 0.887. The van der Waals surface area contributed by atoms with Crippen LogP contribution < -0.4 is 0 Å². The molecule has 3 aromatic rings. The highest BCUT2D eigenvalue weighted by Gasteiger charge is 2.09. The third-order valence-corrected chi connectivity index (χ3v) is 4.06. The van der Waals surface area contributed by atoms with Crippen molar-refractivity contribution in [3.63, 3.8) is 0 Å². The molecule has 0 saturated carbocycles. The Morgan fingerprint density at radius 1 is 1.05 bits per heavy atom. The van der Waals surface area contributed by atoms with Gasteiger partial charge in [0.05, 0.1) is 0 Å². The van der Waals surface area contributed by atoms with Gasteiger partial charge in [-0.3, -0.25) is 0 Å². The molecule has 1 heterocycles. The third-order valence-electron chi connectivity index (χ3n) is 3.53. The monoisotopic (exact) mass is 338 g/mol. The predicted octanol–water partition coefficient (Wildman–Crippen LogP) is 6.37. The van der Waals surface area contributed by atoms with Crippen LogP contribution in [0.3, 0.4) is 0 Å². The lowest BCUT2D eigenvalue weighted by molar-refractivity contribution is 0.601. The van der Waals surface area contributed by atoms with Crippen molar-refractivity contribution < 1.29 is 4.42 Å². The van der Waals surface area contributed by atoms with Crippen LogP contribution in [-0.2, 0) is 0 Å². The third kappa shape index (κ3) is 2.72. The Bertz CT molecular complexity index is 823. The highest BCUT2D eigenvalue weighted by atomic mass is 79.9. The molecule has 0 N–H and O–H groups in total. The number of halogens is 1. The zero-order chi connectivity index (χ0) is 14.8. The Labute approximate surface area is 132 Å². The van der Waals surface area contributed by atoms with Gasteiger partial charge < -0.3 is 4.42 Å². The summed E-state index contributed by atoms with van der Waals surface area (Å²) in [6.07, 6.45) is 5.59. The maximum atomic E-state index is 5.87. The number of rotatable bonds is 3. The van der Waals surface area contributed by atoms with E-state index in [9.17, 15) is 0 Å². The summed E-state index contributed by atoms with van der Waals surface area (Å²) in [5.74, 6) is 0.887. The van der Waals surface area contributed by atoms with Gasteiger partial charge in [-0.2, -0.15) is 0 Å². The summed E-state index contributed by atoms with van der Waals surface area (Å²) in [6, 6.07) is 14.6. The van der Waals surface area contributed by atoms with Gasteiger partial charge in [0.25, 0.3) is 0 Å². The average Bonchev–Trinajstić information content (AvgIpc) is 2.82. The minimum Gasteiger partial charge on any atom is -0.456 e. The molecule has 0 fully saturated rings. The van der Waals surface area contributed by atoms with Crippen LogP contribution in [0, 0.1) is 6.92 Å². The molecule has 0 atom stereocenters. The molecule has 0 aliphatic heterocycles. The zero-order valence-corrected chi connectivity index (χ0v) is 13.4. The number of benzene rings is 2. The topological polar surface area (TPSA) is 13.1 Å². The Kier molecular flexibility index (Phi) is 3.80. The Balaban J connectivity index is 2.11. The number of hydrogen-bond donors (Lipinski definition) is 0. The fourth-order valence-electron chi connectivity index (χ4n) is 2.38. The minimum absolute atomic E-state index is 0.887. The van der Waals surface area contributed by atoms with Crippen molar-refractivity contribution in [2.24, 2.45) is 0 Å².